The van der Waals surface area contributed by atoms with Crippen LogP contribution in [0.15, 0.2) is 18.2 Å². The van der Waals surface area contributed by atoms with Gasteiger partial charge in [-0.2, -0.15) is 0 Å². The minimum absolute atomic E-state index is 0.100. The summed E-state index contributed by atoms with van der Waals surface area (Å²) in [4.78, 5) is 26.0. The summed E-state index contributed by atoms with van der Waals surface area (Å²) in [5.41, 5.74) is 0.270. The highest BCUT2D eigenvalue weighted by atomic mass is 35.5. The van der Waals surface area contributed by atoms with Crippen LogP contribution in [-0.2, 0) is 4.74 Å². The highest BCUT2D eigenvalue weighted by Crippen LogP contribution is 2.02. The first-order valence-electron chi connectivity index (χ1n) is 3.83. The molecule has 0 spiro atoms. The minimum Gasteiger partial charge on any atom is -0.464 e. The largest absolute Gasteiger partial charge is 0.464 e. The summed E-state index contributed by atoms with van der Waals surface area (Å²) >= 11 is 5.35. The van der Waals surface area contributed by atoms with E-state index in [9.17, 15) is 9.59 Å². The summed E-state index contributed by atoms with van der Waals surface area (Å²) in [5.74, 6) is -1.05. The first-order valence-corrected chi connectivity index (χ1v) is 4.37. The number of hydrogen-bond donors (Lipinski definition) is 0. The van der Waals surface area contributed by atoms with E-state index in [-0.39, 0.29) is 23.1 Å². The predicted octanol–water partition coefficient (Wildman–Crippen LogP) is 1.29. The fourth-order valence-corrected chi connectivity index (χ4v) is 1.01. The van der Waals surface area contributed by atoms with Crippen LogP contribution in [0.3, 0.4) is 0 Å². The summed E-state index contributed by atoms with van der Waals surface area (Å²) in [6.07, 6.45) is 0. The maximum absolute atomic E-state index is 11.1. The van der Waals surface area contributed by atoms with Gasteiger partial charge in [0.25, 0.3) is 0 Å². The Hall–Kier alpha value is -1.42. The van der Waals surface area contributed by atoms with Gasteiger partial charge in [0, 0.05) is 0 Å². The number of rotatable bonds is 3. The highest BCUT2D eigenvalue weighted by molar-refractivity contribution is 6.30. The number of halogens is 1. The number of ketones is 1. The molecule has 0 fully saturated rings. The molecule has 5 heteroatoms. The molecule has 0 aliphatic carbocycles. The van der Waals surface area contributed by atoms with E-state index in [1.165, 1.54) is 19.2 Å². The molecule has 0 aliphatic heterocycles. The Morgan fingerprint density at radius 2 is 2.07 bits per heavy atom. The first kappa shape index (κ1) is 10.7. The van der Waals surface area contributed by atoms with Crippen LogP contribution in [0.2, 0.25) is 0 Å². The molecule has 0 amide bonds. The molecule has 0 saturated heterocycles. The number of methoxy groups -OCH3 is 1. The van der Waals surface area contributed by atoms with Crippen LogP contribution < -0.4 is 0 Å². The summed E-state index contributed by atoms with van der Waals surface area (Å²) in [7, 11) is 1.25. The number of hydrogen-bond acceptors (Lipinski definition) is 4. The minimum atomic E-state index is -0.575. The fourth-order valence-electron chi connectivity index (χ4n) is 0.877. The summed E-state index contributed by atoms with van der Waals surface area (Å²) < 4.78 is 4.46. The molecule has 0 radical (unpaired) electrons. The summed E-state index contributed by atoms with van der Waals surface area (Å²) in [6, 6.07) is 4.52. The molecule has 0 atom stereocenters. The van der Waals surface area contributed by atoms with Crippen LogP contribution in [0.25, 0.3) is 0 Å². The van der Waals surface area contributed by atoms with Gasteiger partial charge >= 0.3 is 5.97 Å². The smallest absolute Gasteiger partial charge is 0.356 e. The van der Waals surface area contributed by atoms with E-state index in [1.54, 1.807) is 6.07 Å². The number of alkyl halides is 1. The molecule has 0 N–H and O–H groups in total. The molecule has 14 heavy (non-hydrogen) atoms. The maximum Gasteiger partial charge on any atom is 0.356 e. The van der Waals surface area contributed by atoms with E-state index in [0.29, 0.717) is 0 Å². The molecule has 0 saturated carbocycles. The number of carbonyl (C=O) groups excluding carboxylic acids is 2. The second kappa shape index (κ2) is 4.72. The normalized spacial score (nSPS) is 9.57. The van der Waals surface area contributed by atoms with E-state index in [4.69, 9.17) is 11.6 Å². The zero-order valence-corrected chi connectivity index (χ0v) is 8.25. The molecular formula is C9H8ClNO3. The topological polar surface area (TPSA) is 56.3 Å². The van der Waals surface area contributed by atoms with Crippen molar-refractivity contribution in [2.45, 2.75) is 0 Å². The predicted molar refractivity (Wildman–Crippen MR) is 50.6 cm³/mol. The Morgan fingerprint density at radius 1 is 1.43 bits per heavy atom. The second-order valence-corrected chi connectivity index (χ2v) is 2.72. The van der Waals surface area contributed by atoms with Crippen molar-refractivity contribution in [2.24, 2.45) is 0 Å². The molecule has 1 aromatic rings. The van der Waals surface area contributed by atoms with Crippen molar-refractivity contribution in [2.75, 3.05) is 13.0 Å². The number of nitrogens with zero attached hydrogens (tertiary/aromatic N) is 1. The number of carbonyl (C=O) groups is 2. The van der Waals surface area contributed by atoms with Crippen LogP contribution in [-0.4, -0.2) is 29.7 Å². The quantitative estimate of drug-likeness (QED) is 0.431. The van der Waals surface area contributed by atoms with Crippen molar-refractivity contribution in [1.82, 2.24) is 4.98 Å². The van der Waals surface area contributed by atoms with Crippen LogP contribution in [0.5, 0.6) is 0 Å². The molecule has 0 unspecified atom stereocenters. The number of Topliss-reactive ketones (excluding diaryl/α,β-unsaturated/α-hetero) is 1. The second-order valence-electron chi connectivity index (χ2n) is 2.46. The molecule has 1 heterocycles. The van der Waals surface area contributed by atoms with Gasteiger partial charge < -0.3 is 4.74 Å². The molecule has 4 nitrogen and oxygen atoms in total. The third kappa shape index (κ3) is 2.29. The molecule has 74 valence electrons. The van der Waals surface area contributed by atoms with Crippen molar-refractivity contribution in [3.8, 4) is 0 Å². The Bertz CT molecular complexity index is 334. The molecule has 0 aromatic carbocycles. The SMILES string of the molecule is COC(=O)c1cccc(C(=O)CCl)n1. The molecule has 0 bridgehead atoms. The molecular weight excluding hydrogens is 206 g/mol. The Morgan fingerprint density at radius 3 is 2.64 bits per heavy atom. The van der Waals surface area contributed by atoms with Gasteiger partial charge in [0.05, 0.1) is 13.0 Å². The van der Waals surface area contributed by atoms with Crippen molar-refractivity contribution in [3.63, 3.8) is 0 Å². The van der Waals surface area contributed by atoms with Crippen LogP contribution >= 0.6 is 11.6 Å². The number of ether oxygens (including phenoxy) is 1. The van der Waals surface area contributed by atoms with Crippen LogP contribution in [0.4, 0.5) is 0 Å². The molecule has 1 aromatic heterocycles. The Labute approximate surface area is 85.9 Å². The van der Waals surface area contributed by atoms with Crippen molar-refractivity contribution < 1.29 is 14.3 Å². The monoisotopic (exact) mass is 213 g/mol. The average molecular weight is 214 g/mol. The third-order valence-electron chi connectivity index (χ3n) is 1.55. The van der Waals surface area contributed by atoms with Gasteiger partial charge in [0.1, 0.15) is 11.4 Å². The van der Waals surface area contributed by atoms with E-state index in [0.717, 1.165) is 0 Å². The number of pyridine rings is 1. The van der Waals surface area contributed by atoms with Gasteiger partial charge in [-0.25, -0.2) is 9.78 Å². The van der Waals surface area contributed by atoms with Gasteiger partial charge in [-0.15, -0.1) is 11.6 Å². The van der Waals surface area contributed by atoms with Crippen molar-refractivity contribution in [3.05, 3.63) is 29.6 Å². The van der Waals surface area contributed by atoms with Crippen molar-refractivity contribution >= 4 is 23.4 Å². The average Bonchev–Trinajstić information content (AvgIpc) is 2.27. The fraction of sp³-hybridized carbons (Fsp3) is 0.222. The van der Waals surface area contributed by atoms with E-state index < -0.39 is 5.97 Å². The first-order chi connectivity index (χ1) is 6.69. The standard InChI is InChI=1S/C9H8ClNO3/c1-14-9(13)7-4-2-3-6(11-7)8(12)5-10/h2-4H,5H2,1H3. The zero-order valence-electron chi connectivity index (χ0n) is 7.49. The Balaban J connectivity index is 3.01. The van der Waals surface area contributed by atoms with E-state index in [1.807, 2.05) is 0 Å². The van der Waals surface area contributed by atoms with Gasteiger partial charge in [-0.1, -0.05) is 6.07 Å². The third-order valence-corrected chi connectivity index (χ3v) is 1.79. The highest BCUT2D eigenvalue weighted by Gasteiger charge is 2.11. The van der Waals surface area contributed by atoms with Crippen molar-refractivity contribution in [1.29, 1.82) is 0 Å². The Kier molecular flexibility index (Phi) is 3.59. The number of esters is 1. The number of aromatic nitrogens is 1. The molecule has 1 rings (SSSR count). The summed E-state index contributed by atoms with van der Waals surface area (Å²) in [5, 5.41) is 0. The maximum atomic E-state index is 11.1. The lowest BCUT2D eigenvalue weighted by molar-refractivity contribution is 0.0594. The summed E-state index contributed by atoms with van der Waals surface area (Å²) in [6.45, 7) is 0. The van der Waals surface area contributed by atoms with E-state index in [2.05, 4.69) is 9.72 Å². The lowest BCUT2D eigenvalue weighted by Gasteiger charge is -2.00. The van der Waals surface area contributed by atoms with Gasteiger partial charge in [0.15, 0.2) is 5.78 Å². The van der Waals surface area contributed by atoms with Gasteiger partial charge in [-0.3, -0.25) is 4.79 Å². The lowest BCUT2D eigenvalue weighted by atomic mass is 10.2. The molecule has 0 aliphatic rings. The van der Waals surface area contributed by atoms with E-state index >= 15 is 0 Å². The van der Waals surface area contributed by atoms with Gasteiger partial charge in [-0.05, 0) is 12.1 Å². The van der Waals surface area contributed by atoms with Crippen LogP contribution in [0, 0.1) is 0 Å². The zero-order chi connectivity index (χ0) is 10.6. The lowest BCUT2D eigenvalue weighted by Crippen LogP contribution is -2.09. The van der Waals surface area contributed by atoms with Gasteiger partial charge in [0.2, 0.25) is 0 Å². The van der Waals surface area contributed by atoms with Crippen LogP contribution in [0.1, 0.15) is 21.0 Å².